The lowest BCUT2D eigenvalue weighted by molar-refractivity contribution is 0.0991. The van der Waals surface area contributed by atoms with E-state index in [1.165, 1.54) is 21.4 Å². The van der Waals surface area contributed by atoms with Crippen molar-refractivity contribution in [2.75, 3.05) is 0 Å². The normalized spacial score (nSPS) is 10.6. The molecule has 0 radical (unpaired) electrons. The summed E-state index contributed by atoms with van der Waals surface area (Å²) < 4.78 is 16.1. The highest BCUT2D eigenvalue weighted by molar-refractivity contribution is 7.71. The smallest absolute Gasteiger partial charge is 0.273 e. The summed E-state index contributed by atoms with van der Waals surface area (Å²) in [4.78, 5) is 11.7. The number of nitrogens with zero attached hydrogens (tertiary/aromatic N) is 3. The lowest BCUT2D eigenvalue weighted by Gasteiger charge is -2.14. The molecule has 6 nitrogen and oxygen atoms in total. The van der Waals surface area contributed by atoms with E-state index in [4.69, 9.17) is 35.0 Å². The molecule has 0 aliphatic heterocycles. The van der Waals surface area contributed by atoms with Crippen LogP contribution in [0.15, 0.2) is 48.5 Å². The Morgan fingerprint density at radius 2 is 1.88 bits per heavy atom. The first-order valence-corrected chi connectivity index (χ1v) is 7.80. The van der Waals surface area contributed by atoms with Crippen molar-refractivity contribution in [1.29, 1.82) is 5.41 Å². The third-order valence-corrected chi connectivity index (χ3v) is 4.06. The SMILES string of the molecule is N=c1c(C(N)=O)nn(-c2ccc(F)c(Cl)c2)c(=S)n1-c1ccccc1. The number of rotatable bonds is 3. The molecule has 0 aliphatic carbocycles. The molecule has 1 aromatic heterocycles. The van der Waals surface area contributed by atoms with Crippen molar-refractivity contribution in [2.45, 2.75) is 0 Å². The van der Waals surface area contributed by atoms with Crippen LogP contribution in [-0.2, 0) is 0 Å². The molecule has 3 N–H and O–H groups in total. The van der Waals surface area contributed by atoms with E-state index in [0.29, 0.717) is 11.4 Å². The first kappa shape index (κ1) is 17.0. The average Bonchev–Trinajstić information content (AvgIpc) is 2.58. The summed E-state index contributed by atoms with van der Waals surface area (Å²) >= 11 is 11.2. The topological polar surface area (TPSA) is 89.7 Å². The number of primary amides is 1. The van der Waals surface area contributed by atoms with Gasteiger partial charge in [0.1, 0.15) is 5.82 Å². The maximum Gasteiger partial charge on any atom is 0.273 e. The molecule has 0 bridgehead atoms. The van der Waals surface area contributed by atoms with Gasteiger partial charge >= 0.3 is 0 Å². The molecular formula is C16H11ClFN5OS. The van der Waals surface area contributed by atoms with Crippen LogP contribution in [0.25, 0.3) is 11.4 Å². The molecule has 0 fully saturated rings. The van der Waals surface area contributed by atoms with Gasteiger partial charge in [-0.25, -0.2) is 9.07 Å². The number of amides is 1. The van der Waals surface area contributed by atoms with Gasteiger partial charge < -0.3 is 5.73 Å². The third kappa shape index (κ3) is 3.09. The van der Waals surface area contributed by atoms with Gasteiger partial charge in [0.2, 0.25) is 4.77 Å². The molecule has 0 aliphatic rings. The second kappa shape index (κ2) is 6.58. The van der Waals surface area contributed by atoms with Crippen molar-refractivity contribution in [1.82, 2.24) is 14.3 Å². The Kier molecular flexibility index (Phi) is 4.47. The van der Waals surface area contributed by atoms with Gasteiger partial charge in [-0.2, -0.15) is 5.10 Å². The molecule has 1 heterocycles. The molecule has 0 saturated heterocycles. The van der Waals surface area contributed by atoms with E-state index >= 15 is 0 Å². The van der Waals surface area contributed by atoms with Crippen LogP contribution in [-0.4, -0.2) is 20.3 Å². The van der Waals surface area contributed by atoms with Crippen molar-refractivity contribution in [3.8, 4) is 11.4 Å². The number of halogens is 2. The van der Waals surface area contributed by atoms with Crippen LogP contribution in [0.1, 0.15) is 10.5 Å². The second-order valence-electron chi connectivity index (χ2n) is 5.03. The zero-order valence-corrected chi connectivity index (χ0v) is 14.2. The fraction of sp³-hybridized carbons (Fsp3) is 0. The Labute approximate surface area is 151 Å². The lowest BCUT2D eigenvalue weighted by atomic mass is 10.3. The van der Waals surface area contributed by atoms with Gasteiger partial charge in [-0.05, 0) is 42.5 Å². The van der Waals surface area contributed by atoms with E-state index in [1.54, 1.807) is 30.3 Å². The second-order valence-corrected chi connectivity index (χ2v) is 5.80. The number of benzene rings is 2. The molecule has 2 aromatic carbocycles. The van der Waals surface area contributed by atoms with E-state index in [1.807, 2.05) is 0 Å². The molecule has 0 atom stereocenters. The Morgan fingerprint density at radius 1 is 1.20 bits per heavy atom. The highest BCUT2D eigenvalue weighted by Gasteiger charge is 2.15. The van der Waals surface area contributed by atoms with Gasteiger partial charge in [0, 0.05) is 5.69 Å². The van der Waals surface area contributed by atoms with Crippen LogP contribution in [0, 0.1) is 16.0 Å². The molecule has 0 saturated carbocycles. The molecule has 1 amide bonds. The Bertz CT molecular complexity index is 1090. The van der Waals surface area contributed by atoms with Crippen LogP contribution in [0.5, 0.6) is 0 Å². The zero-order chi connectivity index (χ0) is 18.1. The number of hydrogen-bond acceptors (Lipinski definition) is 4. The Morgan fingerprint density at radius 3 is 2.48 bits per heavy atom. The minimum absolute atomic E-state index is 0.101. The van der Waals surface area contributed by atoms with Crippen molar-refractivity contribution >= 4 is 29.7 Å². The van der Waals surface area contributed by atoms with E-state index in [-0.39, 0.29) is 21.0 Å². The standard InChI is InChI=1S/C16H11ClFN5OS/c17-11-8-10(6-7-12(11)18)23-16(25)22(9-4-2-1-3-5-9)14(19)13(21-23)15(20)24/h1-8,19H,(H2,20,24). The highest BCUT2D eigenvalue weighted by atomic mass is 35.5. The Balaban J connectivity index is 2.39. The van der Waals surface area contributed by atoms with Crippen molar-refractivity contribution in [2.24, 2.45) is 5.73 Å². The molecular weight excluding hydrogens is 365 g/mol. The summed E-state index contributed by atoms with van der Waals surface area (Å²) in [5.41, 5.74) is 5.72. The third-order valence-electron chi connectivity index (χ3n) is 3.42. The number of carbonyl (C=O) groups excluding carboxylic acids is 1. The molecule has 9 heteroatoms. The zero-order valence-electron chi connectivity index (χ0n) is 12.6. The van der Waals surface area contributed by atoms with E-state index in [0.717, 1.165) is 6.07 Å². The maximum atomic E-state index is 13.4. The summed E-state index contributed by atoms with van der Waals surface area (Å²) in [7, 11) is 0. The van der Waals surface area contributed by atoms with Gasteiger partial charge in [-0.1, -0.05) is 29.8 Å². The van der Waals surface area contributed by atoms with Crippen molar-refractivity contribution < 1.29 is 9.18 Å². The van der Waals surface area contributed by atoms with Crippen molar-refractivity contribution in [3.05, 3.63) is 75.3 Å². The van der Waals surface area contributed by atoms with E-state index in [2.05, 4.69) is 5.10 Å². The summed E-state index contributed by atoms with van der Waals surface area (Å²) in [6.45, 7) is 0. The van der Waals surface area contributed by atoms with Crippen LogP contribution in [0.2, 0.25) is 5.02 Å². The fourth-order valence-electron chi connectivity index (χ4n) is 2.25. The number of nitrogens with one attached hydrogen (secondary N) is 1. The van der Waals surface area contributed by atoms with Gasteiger partial charge in [-0.3, -0.25) is 14.8 Å². The van der Waals surface area contributed by atoms with Crippen molar-refractivity contribution in [3.63, 3.8) is 0 Å². The minimum atomic E-state index is -0.883. The van der Waals surface area contributed by atoms with Gasteiger partial charge in [0.05, 0.1) is 10.7 Å². The summed E-state index contributed by atoms with van der Waals surface area (Å²) in [6.07, 6.45) is 0. The highest BCUT2D eigenvalue weighted by Crippen LogP contribution is 2.19. The van der Waals surface area contributed by atoms with Gasteiger partial charge in [-0.15, -0.1) is 0 Å². The first-order chi connectivity index (χ1) is 11.9. The molecule has 25 heavy (non-hydrogen) atoms. The fourth-order valence-corrected chi connectivity index (χ4v) is 2.77. The predicted molar refractivity (Wildman–Crippen MR) is 93.1 cm³/mol. The van der Waals surface area contributed by atoms with Gasteiger partial charge in [0.25, 0.3) is 5.91 Å². The molecule has 3 aromatic rings. The van der Waals surface area contributed by atoms with Crippen LogP contribution < -0.4 is 11.2 Å². The molecule has 3 rings (SSSR count). The van der Waals surface area contributed by atoms with E-state index < -0.39 is 11.7 Å². The van der Waals surface area contributed by atoms with E-state index in [9.17, 15) is 9.18 Å². The lowest BCUT2D eigenvalue weighted by Crippen LogP contribution is -2.34. The largest absolute Gasteiger partial charge is 0.364 e. The molecule has 0 unspecified atom stereocenters. The summed E-state index contributed by atoms with van der Waals surface area (Å²) in [6, 6.07) is 12.7. The van der Waals surface area contributed by atoms with Crippen LogP contribution in [0.3, 0.4) is 0 Å². The quantitative estimate of drug-likeness (QED) is 0.690. The van der Waals surface area contributed by atoms with Crippen LogP contribution in [0.4, 0.5) is 4.39 Å². The monoisotopic (exact) mass is 375 g/mol. The average molecular weight is 376 g/mol. The van der Waals surface area contributed by atoms with Gasteiger partial charge in [0.15, 0.2) is 11.2 Å². The number of aromatic nitrogens is 3. The maximum absolute atomic E-state index is 13.4. The molecule has 126 valence electrons. The Hall–Kier alpha value is -2.84. The number of nitrogens with two attached hydrogens (primary N) is 1. The summed E-state index contributed by atoms with van der Waals surface area (Å²) in [5, 5.41) is 12.1. The minimum Gasteiger partial charge on any atom is -0.364 e. The molecule has 0 spiro atoms. The first-order valence-electron chi connectivity index (χ1n) is 7.02. The summed E-state index contributed by atoms with van der Waals surface area (Å²) in [5.74, 6) is -1.48. The predicted octanol–water partition coefficient (Wildman–Crippen LogP) is 2.76. The number of carbonyl (C=O) groups is 1. The van der Waals surface area contributed by atoms with Crippen LogP contribution >= 0.6 is 23.8 Å². The number of hydrogen-bond donors (Lipinski definition) is 2. The number of para-hydroxylation sites is 1.